The van der Waals surface area contributed by atoms with Gasteiger partial charge in [-0.05, 0) is 11.0 Å². The van der Waals surface area contributed by atoms with Crippen LogP contribution < -0.4 is 0 Å². The maximum atomic E-state index is 4.51. The van der Waals surface area contributed by atoms with Crippen molar-refractivity contribution in [3.8, 4) is 11.4 Å². The van der Waals surface area contributed by atoms with Gasteiger partial charge < -0.3 is 0 Å². The van der Waals surface area contributed by atoms with E-state index in [1.54, 1.807) is 0 Å². The molecule has 0 fully saturated rings. The number of H-pyrrole nitrogens is 1. The Labute approximate surface area is 102 Å². The van der Waals surface area contributed by atoms with Gasteiger partial charge in [0.25, 0.3) is 0 Å². The summed E-state index contributed by atoms with van der Waals surface area (Å²) >= 11 is 0. The molecule has 0 aliphatic carbocycles. The number of aromatic amines is 1. The van der Waals surface area contributed by atoms with Crippen LogP contribution >= 0.6 is 0 Å². The van der Waals surface area contributed by atoms with Crippen molar-refractivity contribution < 1.29 is 0 Å². The normalized spacial score (nSPS) is 11.8. The molecular weight excluding hydrogens is 210 g/mol. The monoisotopic (exact) mass is 229 g/mol. The van der Waals surface area contributed by atoms with E-state index < -0.39 is 0 Å². The molecule has 0 atom stereocenters. The Morgan fingerprint density at radius 1 is 1.18 bits per heavy atom. The molecule has 2 rings (SSSR count). The summed E-state index contributed by atoms with van der Waals surface area (Å²) in [4.78, 5) is 4.51. The van der Waals surface area contributed by atoms with E-state index in [0.717, 1.165) is 23.6 Å². The Bertz CT molecular complexity index is 506. The van der Waals surface area contributed by atoms with Crippen LogP contribution in [0.5, 0.6) is 0 Å². The Morgan fingerprint density at radius 3 is 2.47 bits per heavy atom. The predicted octanol–water partition coefficient (Wildman–Crippen LogP) is 3.33. The average Bonchev–Trinajstić information content (AvgIpc) is 2.76. The molecule has 0 saturated heterocycles. The topological polar surface area (TPSA) is 41.6 Å². The van der Waals surface area contributed by atoms with Crippen molar-refractivity contribution in [1.82, 2.24) is 15.2 Å². The van der Waals surface area contributed by atoms with Crippen molar-refractivity contribution in [3.63, 3.8) is 0 Å². The number of rotatable bonds is 2. The first kappa shape index (κ1) is 11.8. The molecule has 3 nitrogen and oxygen atoms in total. The summed E-state index contributed by atoms with van der Waals surface area (Å²) in [5, 5.41) is 7.27. The van der Waals surface area contributed by atoms with Gasteiger partial charge in [-0.25, -0.2) is 4.98 Å². The van der Waals surface area contributed by atoms with Crippen LogP contribution in [0.2, 0.25) is 0 Å². The number of aromatic nitrogens is 3. The number of nitrogens with one attached hydrogen (secondary N) is 1. The molecule has 17 heavy (non-hydrogen) atoms. The van der Waals surface area contributed by atoms with E-state index in [4.69, 9.17) is 0 Å². The van der Waals surface area contributed by atoms with Crippen molar-refractivity contribution in [2.24, 2.45) is 0 Å². The lowest BCUT2D eigenvalue weighted by Crippen LogP contribution is -2.12. The Kier molecular flexibility index (Phi) is 3.01. The summed E-state index contributed by atoms with van der Waals surface area (Å²) in [6, 6.07) is 8.34. The highest BCUT2D eigenvalue weighted by atomic mass is 15.2. The van der Waals surface area contributed by atoms with Gasteiger partial charge in [0.2, 0.25) is 0 Å². The minimum absolute atomic E-state index is 0.101. The van der Waals surface area contributed by atoms with Gasteiger partial charge in [-0.2, -0.15) is 5.10 Å². The Balaban J connectivity index is 2.52. The van der Waals surface area contributed by atoms with E-state index in [-0.39, 0.29) is 5.41 Å². The zero-order valence-corrected chi connectivity index (χ0v) is 10.9. The molecular formula is C14H19N3. The van der Waals surface area contributed by atoms with Gasteiger partial charge in [-0.1, -0.05) is 52.0 Å². The molecule has 0 amide bonds. The highest BCUT2D eigenvalue weighted by Gasteiger charge is 2.20. The largest absolute Gasteiger partial charge is 0.263 e. The third-order valence-electron chi connectivity index (χ3n) is 2.84. The van der Waals surface area contributed by atoms with Crippen LogP contribution in [0.25, 0.3) is 11.4 Å². The van der Waals surface area contributed by atoms with Crippen molar-refractivity contribution in [1.29, 1.82) is 0 Å². The summed E-state index contributed by atoms with van der Waals surface area (Å²) in [5.74, 6) is 1.73. The van der Waals surface area contributed by atoms with Gasteiger partial charge in [0.15, 0.2) is 5.82 Å². The first-order valence-corrected chi connectivity index (χ1v) is 6.03. The number of hydrogen-bond acceptors (Lipinski definition) is 2. The van der Waals surface area contributed by atoms with Gasteiger partial charge in [0.1, 0.15) is 5.82 Å². The lowest BCUT2D eigenvalue weighted by Gasteiger charge is -2.21. The van der Waals surface area contributed by atoms with Gasteiger partial charge in [-0.15, -0.1) is 0 Å². The van der Waals surface area contributed by atoms with Crippen LogP contribution in [0.3, 0.4) is 0 Å². The molecule has 0 radical (unpaired) electrons. The zero-order chi connectivity index (χ0) is 12.5. The van der Waals surface area contributed by atoms with Crippen LogP contribution in [-0.2, 0) is 11.8 Å². The molecule has 1 heterocycles. The molecule has 1 N–H and O–H groups in total. The zero-order valence-electron chi connectivity index (χ0n) is 10.9. The SMILES string of the molecule is CCc1nc(-c2ccccc2C(C)(C)C)n[nH]1. The lowest BCUT2D eigenvalue weighted by molar-refractivity contribution is 0.591. The van der Waals surface area contributed by atoms with Crippen molar-refractivity contribution in [2.75, 3.05) is 0 Å². The minimum Gasteiger partial charge on any atom is -0.263 e. The highest BCUT2D eigenvalue weighted by Crippen LogP contribution is 2.30. The summed E-state index contributed by atoms with van der Waals surface area (Å²) < 4.78 is 0. The molecule has 3 heteroatoms. The highest BCUT2D eigenvalue weighted by molar-refractivity contribution is 5.61. The number of benzene rings is 1. The third-order valence-corrected chi connectivity index (χ3v) is 2.84. The standard InChI is InChI=1S/C14H19N3/c1-5-12-15-13(17-16-12)10-8-6-7-9-11(10)14(2,3)4/h6-9H,5H2,1-4H3,(H,15,16,17). The van der Waals surface area contributed by atoms with E-state index in [0.29, 0.717) is 0 Å². The van der Waals surface area contributed by atoms with E-state index >= 15 is 0 Å². The maximum absolute atomic E-state index is 4.51. The van der Waals surface area contributed by atoms with Crippen molar-refractivity contribution in [3.05, 3.63) is 35.7 Å². The fourth-order valence-corrected chi connectivity index (χ4v) is 1.91. The van der Waals surface area contributed by atoms with E-state index in [2.05, 4.69) is 61.1 Å². The van der Waals surface area contributed by atoms with Gasteiger partial charge in [0.05, 0.1) is 0 Å². The van der Waals surface area contributed by atoms with E-state index in [1.165, 1.54) is 5.56 Å². The van der Waals surface area contributed by atoms with E-state index in [1.807, 2.05) is 6.07 Å². The predicted molar refractivity (Wildman–Crippen MR) is 69.9 cm³/mol. The van der Waals surface area contributed by atoms with Crippen LogP contribution in [0.15, 0.2) is 24.3 Å². The smallest absolute Gasteiger partial charge is 0.181 e. The molecule has 0 bridgehead atoms. The summed E-state index contributed by atoms with van der Waals surface area (Å²) in [6.45, 7) is 8.69. The molecule has 0 aliphatic heterocycles. The Hall–Kier alpha value is -1.64. The summed E-state index contributed by atoms with van der Waals surface area (Å²) in [5.41, 5.74) is 2.50. The quantitative estimate of drug-likeness (QED) is 0.858. The van der Waals surface area contributed by atoms with Crippen LogP contribution in [0, 0.1) is 0 Å². The van der Waals surface area contributed by atoms with Crippen molar-refractivity contribution >= 4 is 0 Å². The van der Waals surface area contributed by atoms with Gasteiger partial charge in [-0.3, -0.25) is 5.10 Å². The second-order valence-corrected chi connectivity index (χ2v) is 5.25. The van der Waals surface area contributed by atoms with Gasteiger partial charge >= 0.3 is 0 Å². The third kappa shape index (κ3) is 2.38. The molecule has 1 aromatic carbocycles. The molecule has 0 unspecified atom stereocenters. The molecule has 1 aromatic heterocycles. The number of aryl methyl sites for hydroxylation is 1. The Morgan fingerprint density at radius 2 is 1.88 bits per heavy atom. The summed E-state index contributed by atoms with van der Waals surface area (Å²) in [7, 11) is 0. The fourth-order valence-electron chi connectivity index (χ4n) is 1.91. The fraction of sp³-hybridized carbons (Fsp3) is 0.429. The minimum atomic E-state index is 0.101. The van der Waals surface area contributed by atoms with Crippen molar-refractivity contribution in [2.45, 2.75) is 39.5 Å². The second kappa shape index (κ2) is 4.32. The average molecular weight is 229 g/mol. The molecule has 0 spiro atoms. The van der Waals surface area contributed by atoms with Gasteiger partial charge in [0, 0.05) is 12.0 Å². The first-order valence-electron chi connectivity index (χ1n) is 6.03. The molecule has 0 saturated carbocycles. The van der Waals surface area contributed by atoms with Crippen LogP contribution in [0.1, 0.15) is 39.1 Å². The van der Waals surface area contributed by atoms with Crippen LogP contribution in [-0.4, -0.2) is 15.2 Å². The molecule has 2 aromatic rings. The second-order valence-electron chi connectivity index (χ2n) is 5.25. The number of hydrogen-bond donors (Lipinski definition) is 1. The van der Waals surface area contributed by atoms with E-state index in [9.17, 15) is 0 Å². The van der Waals surface area contributed by atoms with Crippen LogP contribution in [0.4, 0.5) is 0 Å². The number of nitrogens with zero attached hydrogens (tertiary/aromatic N) is 2. The maximum Gasteiger partial charge on any atom is 0.181 e. The molecule has 0 aliphatic rings. The lowest BCUT2D eigenvalue weighted by atomic mass is 9.83. The summed E-state index contributed by atoms with van der Waals surface area (Å²) in [6.07, 6.45) is 0.880. The molecule has 90 valence electrons. The first-order chi connectivity index (χ1) is 8.02.